The van der Waals surface area contributed by atoms with Crippen molar-refractivity contribution in [1.29, 1.82) is 0 Å². The Morgan fingerprint density at radius 2 is 1.45 bits per heavy atom. The van der Waals surface area contributed by atoms with Gasteiger partial charge in [0.25, 0.3) is 0 Å². The van der Waals surface area contributed by atoms with Gasteiger partial charge in [0, 0.05) is 11.1 Å². The zero-order valence-corrected chi connectivity index (χ0v) is 16.7. The quantitative estimate of drug-likeness (QED) is 0.722. The maximum atomic E-state index is 13.5. The van der Waals surface area contributed by atoms with Gasteiger partial charge < -0.3 is 9.84 Å². The number of ketones is 1. The molecule has 0 spiro atoms. The monoisotopic (exact) mass is 390 g/mol. The summed E-state index contributed by atoms with van der Waals surface area (Å²) in [6.45, 7) is 0. The molecule has 0 aromatic heterocycles. The summed E-state index contributed by atoms with van der Waals surface area (Å²) >= 11 is 0. The van der Waals surface area contributed by atoms with E-state index in [0.29, 0.717) is 5.56 Å². The van der Waals surface area contributed by atoms with Gasteiger partial charge in [0.05, 0.1) is 12.7 Å². The van der Waals surface area contributed by atoms with Crippen LogP contribution in [0.15, 0.2) is 42.5 Å². The third kappa shape index (κ3) is 3.06. The van der Waals surface area contributed by atoms with Crippen molar-refractivity contribution < 1.29 is 19.4 Å². The fourth-order valence-electron chi connectivity index (χ4n) is 6.65. The first-order valence-corrected chi connectivity index (χ1v) is 10.5. The molecule has 0 radical (unpaired) electrons. The maximum absolute atomic E-state index is 13.5. The standard InChI is InChI=1S/C25H26O4/c1-29-20-6-7-21(23(26)18-2-4-19(5-3-18)24(27)28)22(11-20)25-12-15-8-16(13-25)10-17(9-15)14-25/h2-7,11,15-17H,8-10,12-14H2,1H3,(H,27,28). The number of hydrogen-bond acceptors (Lipinski definition) is 3. The van der Waals surface area contributed by atoms with Gasteiger partial charge in [-0.25, -0.2) is 4.79 Å². The van der Waals surface area contributed by atoms with E-state index in [1.54, 1.807) is 19.2 Å². The zero-order chi connectivity index (χ0) is 20.2. The Bertz CT molecular complexity index is 938. The van der Waals surface area contributed by atoms with Gasteiger partial charge in [0.1, 0.15) is 5.75 Å². The summed E-state index contributed by atoms with van der Waals surface area (Å²) < 4.78 is 5.52. The summed E-state index contributed by atoms with van der Waals surface area (Å²) in [5.74, 6) is 2.13. The van der Waals surface area contributed by atoms with Gasteiger partial charge in [-0.3, -0.25) is 4.79 Å². The van der Waals surface area contributed by atoms with Crippen LogP contribution in [0.4, 0.5) is 0 Å². The second kappa shape index (κ2) is 6.72. The molecule has 0 heterocycles. The molecule has 4 fully saturated rings. The van der Waals surface area contributed by atoms with E-state index < -0.39 is 5.97 Å². The van der Waals surface area contributed by atoms with Crippen molar-refractivity contribution in [2.24, 2.45) is 17.8 Å². The first-order valence-electron chi connectivity index (χ1n) is 10.5. The van der Waals surface area contributed by atoms with E-state index in [1.807, 2.05) is 12.1 Å². The number of aromatic carboxylic acids is 1. The molecule has 0 amide bonds. The predicted molar refractivity (Wildman–Crippen MR) is 110 cm³/mol. The summed E-state index contributed by atoms with van der Waals surface area (Å²) in [7, 11) is 1.67. The van der Waals surface area contributed by atoms with Crippen LogP contribution in [-0.4, -0.2) is 24.0 Å². The lowest BCUT2D eigenvalue weighted by Crippen LogP contribution is -2.49. The third-order valence-electron chi connectivity index (χ3n) is 7.47. The third-order valence-corrected chi connectivity index (χ3v) is 7.47. The van der Waals surface area contributed by atoms with Crippen LogP contribution in [0.3, 0.4) is 0 Å². The van der Waals surface area contributed by atoms with E-state index in [4.69, 9.17) is 9.84 Å². The second-order valence-corrected chi connectivity index (χ2v) is 9.32. The molecule has 0 aliphatic heterocycles. The molecule has 4 aliphatic rings. The highest BCUT2D eigenvalue weighted by molar-refractivity contribution is 6.10. The number of benzene rings is 2. The molecule has 4 bridgehead atoms. The molecular formula is C25H26O4. The minimum atomic E-state index is -0.984. The maximum Gasteiger partial charge on any atom is 0.335 e. The highest BCUT2D eigenvalue weighted by atomic mass is 16.5. The van der Waals surface area contributed by atoms with Crippen LogP contribution in [0.5, 0.6) is 5.75 Å². The van der Waals surface area contributed by atoms with Crippen LogP contribution >= 0.6 is 0 Å². The highest BCUT2D eigenvalue weighted by Crippen LogP contribution is 2.61. The van der Waals surface area contributed by atoms with Crippen LogP contribution < -0.4 is 4.74 Å². The molecule has 4 heteroatoms. The lowest BCUT2D eigenvalue weighted by atomic mass is 9.47. The Balaban J connectivity index is 1.57. The van der Waals surface area contributed by atoms with Crippen LogP contribution in [0.1, 0.15) is 70.4 Å². The van der Waals surface area contributed by atoms with Gasteiger partial charge in [-0.05, 0) is 97.6 Å². The van der Waals surface area contributed by atoms with Crippen molar-refractivity contribution in [3.05, 3.63) is 64.7 Å². The van der Waals surface area contributed by atoms with E-state index in [2.05, 4.69) is 6.07 Å². The molecule has 4 saturated carbocycles. The molecule has 4 nitrogen and oxygen atoms in total. The number of carbonyl (C=O) groups is 2. The SMILES string of the molecule is COc1ccc(C(=O)c2ccc(C(=O)O)cc2)c(C23CC4CC(CC(C4)C2)C3)c1. The molecule has 2 aromatic carbocycles. The van der Waals surface area contributed by atoms with Crippen LogP contribution in [0.25, 0.3) is 0 Å². The lowest BCUT2D eigenvalue weighted by molar-refractivity contribution is -0.00557. The molecule has 0 saturated heterocycles. The van der Waals surface area contributed by atoms with Gasteiger partial charge in [-0.2, -0.15) is 0 Å². The number of hydrogen-bond donors (Lipinski definition) is 1. The lowest BCUT2D eigenvalue weighted by Gasteiger charge is -2.57. The number of ether oxygens (including phenoxy) is 1. The molecular weight excluding hydrogens is 364 g/mol. The molecule has 6 rings (SSSR count). The number of rotatable bonds is 5. The van der Waals surface area contributed by atoms with Gasteiger partial charge >= 0.3 is 5.97 Å². The fraction of sp³-hybridized carbons (Fsp3) is 0.440. The van der Waals surface area contributed by atoms with E-state index in [-0.39, 0.29) is 16.8 Å². The molecule has 0 unspecified atom stereocenters. The van der Waals surface area contributed by atoms with E-state index in [9.17, 15) is 9.59 Å². The predicted octanol–water partition coefficient (Wildman–Crippen LogP) is 5.09. The fourth-order valence-corrected chi connectivity index (χ4v) is 6.65. The summed E-state index contributed by atoms with van der Waals surface area (Å²) in [6.07, 6.45) is 7.56. The van der Waals surface area contributed by atoms with Gasteiger partial charge in [-0.15, -0.1) is 0 Å². The van der Waals surface area contributed by atoms with Crippen molar-refractivity contribution >= 4 is 11.8 Å². The average Bonchev–Trinajstić information content (AvgIpc) is 2.72. The summed E-state index contributed by atoms with van der Waals surface area (Å²) in [4.78, 5) is 24.6. The Hall–Kier alpha value is -2.62. The molecule has 1 N–H and O–H groups in total. The average molecular weight is 390 g/mol. The number of methoxy groups -OCH3 is 1. The zero-order valence-electron chi connectivity index (χ0n) is 16.7. The van der Waals surface area contributed by atoms with E-state index in [0.717, 1.165) is 34.6 Å². The van der Waals surface area contributed by atoms with Crippen molar-refractivity contribution in [3.8, 4) is 5.75 Å². The Morgan fingerprint density at radius 3 is 1.97 bits per heavy atom. The smallest absolute Gasteiger partial charge is 0.335 e. The van der Waals surface area contributed by atoms with Gasteiger partial charge in [0.2, 0.25) is 0 Å². The number of carbonyl (C=O) groups excluding carboxylic acids is 1. The summed E-state index contributed by atoms with van der Waals surface area (Å²) in [6, 6.07) is 12.1. The van der Waals surface area contributed by atoms with Gasteiger partial charge in [0.15, 0.2) is 5.78 Å². The van der Waals surface area contributed by atoms with Crippen LogP contribution in [0.2, 0.25) is 0 Å². The largest absolute Gasteiger partial charge is 0.497 e. The number of carboxylic acid groups (broad SMARTS) is 1. The first kappa shape index (κ1) is 18.4. The minimum absolute atomic E-state index is 0.0321. The molecule has 150 valence electrons. The topological polar surface area (TPSA) is 63.6 Å². The van der Waals surface area contributed by atoms with Crippen LogP contribution in [0, 0.1) is 17.8 Å². The Labute approximate surface area is 170 Å². The summed E-state index contributed by atoms with van der Waals surface area (Å²) in [5.41, 5.74) is 2.69. The van der Waals surface area contributed by atoms with Crippen molar-refractivity contribution in [2.75, 3.05) is 7.11 Å². The van der Waals surface area contributed by atoms with Crippen molar-refractivity contribution in [1.82, 2.24) is 0 Å². The molecule has 29 heavy (non-hydrogen) atoms. The Kier molecular flexibility index (Phi) is 4.27. The van der Waals surface area contributed by atoms with E-state index in [1.165, 1.54) is 50.7 Å². The minimum Gasteiger partial charge on any atom is -0.497 e. The molecule has 0 atom stereocenters. The second-order valence-electron chi connectivity index (χ2n) is 9.32. The van der Waals surface area contributed by atoms with Gasteiger partial charge in [-0.1, -0.05) is 12.1 Å². The molecule has 2 aromatic rings. The number of carboxylic acids is 1. The van der Waals surface area contributed by atoms with Crippen molar-refractivity contribution in [2.45, 2.75) is 43.9 Å². The normalized spacial score (nSPS) is 29.6. The van der Waals surface area contributed by atoms with Crippen molar-refractivity contribution in [3.63, 3.8) is 0 Å². The molecule has 4 aliphatic carbocycles. The first-order chi connectivity index (χ1) is 14.0. The van der Waals surface area contributed by atoms with Crippen LogP contribution in [-0.2, 0) is 5.41 Å². The Morgan fingerprint density at radius 1 is 0.897 bits per heavy atom. The highest BCUT2D eigenvalue weighted by Gasteiger charge is 2.52. The van der Waals surface area contributed by atoms with E-state index >= 15 is 0 Å². The summed E-state index contributed by atoms with van der Waals surface area (Å²) in [5, 5.41) is 9.13.